The van der Waals surface area contributed by atoms with Gasteiger partial charge in [-0.3, -0.25) is 0 Å². The van der Waals surface area contributed by atoms with E-state index in [4.69, 9.17) is 9.26 Å². The lowest BCUT2D eigenvalue weighted by Gasteiger charge is -2.30. The second kappa shape index (κ2) is 7.83. The average molecular weight is 433 g/mol. The van der Waals surface area contributed by atoms with E-state index in [0.717, 1.165) is 43.1 Å². The third-order valence-corrected chi connectivity index (χ3v) is 7.74. The van der Waals surface area contributed by atoms with Gasteiger partial charge in [-0.2, -0.15) is 4.98 Å². The average Bonchev–Trinajstić information content (AvgIpc) is 3.67. The molecule has 1 aliphatic heterocycles. The first kappa shape index (κ1) is 19.8. The molecule has 5 rings (SSSR count). The number of nitrogens with zero attached hydrogens (tertiary/aromatic N) is 4. The van der Waals surface area contributed by atoms with E-state index in [9.17, 15) is 8.42 Å². The maximum Gasteiger partial charge on any atom is 0.324 e. The van der Waals surface area contributed by atoms with Gasteiger partial charge < -0.3 is 14.2 Å². The van der Waals surface area contributed by atoms with Crippen molar-refractivity contribution in [3.63, 3.8) is 0 Å². The number of ether oxygens (including phenoxy) is 1. The Balaban J connectivity index is 1.03. The molecule has 9 heteroatoms. The fourth-order valence-corrected chi connectivity index (χ4v) is 5.11. The van der Waals surface area contributed by atoms with Crippen LogP contribution in [0.25, 0.3) is 0 Å². The monoisotopic (exact) mass is 432 g/mol. The predicted octanol–water partition coefficient (Wildman–Crippen LogP) is 3.07. The number of aromatic nitrogens is 3. The molecule has 2 aromatic rings. The first-order valence-electron chi connectivity index (χ1n) is 10.8. The molecule has 0 aromatic carbocycles. The minimum Gasteiger partial charge on any atom is -0.478 e. The second-order valence-electron chi connectivity index (χ2n) is 8.93. The minimum absolute atomic E-state index is 0.216. The molecular weight excluding hydrogens is 404 g/mol. The van der Waals surface area contributed by atoms with Gasteiger partial charge in [0.15, 0.2) is 15.7 Å². The summed E-state index contributed by atoms with van der Waals surface area (Å²) < 4.78 is 34.1. The van der Waals surface area contributed by atoms with Gasteiger partial charge in [0, 0.05) is 37.5 Å². The van der Waals surface area contributed by atoms with Gasteiger partial charge in [0.05, 0.1) is 11.5 Å². The zero-order chi connectivity index (χ0) is 20.7. The second-order valence-corrected chi connectivity index (χ2v) is 11.0. The molecule has 8 nitrogen and oxygen atoms in total. The first-order valence-corrected chi connectivity index (χ1v) is 12.7. The Morgan fingerprint density at radius 3 is 2.67 bits per heavy atom. The highest BCUT2D eigenvalue weighted by atomic mass is 32.2. The Hall–Kier alpha value is -2.16. The molecule has 0 spiro atoms. The number of sulfone groups is 1. The van der Waals surface area contributed by atoms with Gasteiger partial charge in [-0.15, -0.1) is 0 Å². The minimum atomic E-state index is -3.22. The van der Waals surface area contributed by atoms with E-state index in [0.29, 0.717) is 24.4 Å². The lowest BCUT2D eigenvalue weighted by atomic mass is 9.91. The fraction of sp³-hybridized carbons (Fsp3) is 0.667. The van der Waals surface area contributed by atoms with Crippen LogP contribution >= 0.6 is 0 Å². The number of piperidine rings is 1. The number of rotatable bonds is 8. The Morgan fingerprint density at radius 1 is 1.20 bits per heavy atom. The lowest BCUT2D eigenvalue weighted by molar-refractivity contribution is 0.274. The number of anilines is 1. The van der Waals surface area contributed by atoms with Gasteiger partial charge >= 0.3 is 6.01 Å². The number of hydrogen-bond donors (Lipinski definition) is 0. The maximum atomic E-state index is 11.5. The van der Waals surface area contributed by atoms with E-state index < -0.39 is 9.84 Å². The van der Waals surface area contributed by atoms with Gasteiger partial charge in [0.1, 0.15) is 0 Å². The highest BCUT2D eigenvalue weighted by Crippen LogP contribution is 2.50. The molecule has 2 aromatic heterocycles. The zero-order valence-electron chi connectivity index (χ0n) is 17.2. The van der Waals surface area contributed by atoms with Crippen LogP contribution in [0.2, 0.25) is 0 Å². The highest BCUT2D eigenvalue weighted by Gasteiger charge is 2.43. The highest BCUT2D eigenvalue weighted by molar-refractivity contribution is 7.90. The van der Waals surface area contributed by atoms with E-state index in [1.165, 1.54) is 44.6 Å². The van der Waals surface area contributed by atoms with Crippen molar-refractivity contribution < 1.29 is 17.7 Å². The summed E-state index contributed by atoms with van der Waals surface area (Å²) in [6.45, 7) is 2.61. The van der Waals surface area contributed by atoms with Gasteiger partial charge in [-0.1, -0.05) is 5.16 Å². The molecule has 0 radical (unpaired) electrons. The Kier molecular flexibility index (Phi) is 5.16. The molecule has 0 amide bonds. The van der Waals surface area contributed by atoms with Gasteiger partial charge in [0.2, 0.25) is 5.88 Å². The van der Waals surface area contributed by atoms with Gasteiger partial charge in [-0.05, 0) is 62.3 Å². The predicted molar refractivity (Wildman–Crippen MR) is 110 cm³/mol. The molecule has 2 aliphatic carbocycles. The SMILES string of the molecule is CS(=O)(=O)c1ccc(OCC[C@@H]2C[C@H]2C2CCN(c3nc(C4CC4)no3)CC2)nc1. The van der Waals surface area contributed by atoms with Crippen LogP contribution in [0.5, 0.6) is 5.88 Å². The third-order valence-electron chi connectivity index (χ3n) is 6.64. The molecule has 30 heavy (non-hydrogen) atoms. The third kappa shape index (κ3) is 4.45. The summed E-state index contributed by atoms with van der Waals surface area (Å²) in [5.41, 5.74) is 0. The van der Waals surface area contributed by atoms with Crippen molar-refractivity contribution in [2.45, 2.75) is 49.3 Å². The largest absolute Gasteiger partial charge is 0.478 e. The van der Waals surface area contributed by atoms with Crippen molar-refractivity contribution in [2.24, 2.45) is 17.8 Å². The molecule has 3 heterocycles. The quantitative estimate of drug-likeness (QED) is 0.628. The van der Waals surface area contributed by atoms with Crippen LogP contribution in [0.3, 0.4) is 0 Å². The van der Waals surface area contributed by atoms with E-state index >= 15 is 0 Å². The van der Waals surface area contributed by atoms with Gasteiger partial charge in [0.25, 0.3) is 0 Å². The van der Waals surface area contributed by atoms with Crippen LogP contribution in [0.15, 0.2) is 27.7 Å². The van der Waals surface area contributed by atoms with Crippen LogP contribution in [-0.2, 0) is 9.84 Å². The maximum absolute atomic E-state index is 11.5. The molecule has 2 saturated carbocycles. The van der Waals surface area contributed by atoms with E-state index in [2.05, 4.69) is 20.0 Å². The summed E-state index contributed by atoms with van der Waals surface area (Å²) in [4.78, 5) is 11.1. The smallest absolute Gasteiger partial charge is 0.324 e. The van der Waals surface area contributed by atoms with Crippen LogP contribution in [-0.4, -0.2) is 49.5 Å². The summed E-state index contributed by atoms with van der Waals surface area (Å²) in [5, 5.41) is 4.13. The van der Waals surface area contributed by atoms with Gasteiger partial charge in [-0.25, -0.2) is 13.4 Å². The van der Waals surface area contributed by atoms with Crippen LogP contribution < -0.4 is 9.64 Å². The van der Waals surface area contributed by atoms with Crippen molar-refractivity contribution in [2.75, 3.05) is 30.9 Å². The number of pyridine rings is 1. The molecule has 3 fully saturated rings. The molecule has 2 atom stereocenters. The van der Waals surface area contributed by atoms with Crippen molar-refractivity contribution >= 4 is 15.9 Å². The molecule has 3 aliphatic rings. The first-order chi connectivity index (χ1) is 14.5. The molecule has 0 bridgehead atoms. The van der Waals surface area contributed by atoms with Crippen LogP contribution in [0, 0.1) is 17.8 Å². The Morgan fingerprint density at radius 2 is 2.00 bits per heavy atom. The molecule has 0 N–H and O–H groups in total. The summed E-state index contributed by atoms with van der Waals surface area (Å²) in [6.07, 6.45) is 9.57. The Bertz CT molecular complexity index is 979. The normalized spacial score (nSPS) is 24.8. The molecular formula is C21H28N4O4S. The van der Waals surface area contributed by atoms with Crippen molar-refractivity contribution in [1.29, 1.82) is 0 Å². The van der Waals surface area contributed by atoms with E-state index in [1.807, 2.05) is 0 Å². The molecule has 1 saturated heterocycles. The summed E-state index contributed by atoms with van der Waals surface area (Å²) >= 11 is 0. The summed E-state index contributed by atoms with van der Waals surface area (Å²) in [7, 11) is -3.22. The number of hydrogen-bond acceptors (Lipinski definition) is 8. The molecule has 162 valence electrons. The molecule has 0 unspecified atom stereocenters. The van der Waals surface area contributed by atoms with Crippen LogP contribution in [0.1, 0.15) is 50.3 Å². The van der Waals surface area contributed by atoms with Crippen molar-refractivity contribution in [3.8, 4) is 5.88 Å². The van der Waals surface area contributed by atoms with E-state index in [1.54, 1.807) is 12.1 Å². The summed E-state index contributed by atoms with van der Waals surface area (Å²) in [6, 6.07) is 3.87. The fourth-order valence-electron chi connectivity index (χ4n) is 4.55. The topological polar surface area (TPSA) is 98.4 Å². The Labute approximate surface area is 176 Å². The van der Waals surface area contributed by atoms with Crippen molar-refractivity contribution in [1.82, 2.24) is 15.1 Å². The lowest BCUT2D eigenvalue weighted by Crippen LogP contribution is -2.34. The zero-order valence-corrected chi connectivity index (χ0v) is 18.1. The standard InChI is InChI=1S/C21H28N4O4S/c1-30(26,27)17-4-5-19(22-13-17)28-11-8-16-12-18(16)14-6-9-25(10-7-14)21-23-20(24-29-21)15-2-3-15/h4-5,13-16,18H,2-3,6-12H2,1H3/t16-,18+/m1/s1. The van der Waals surface area contributed by atoms with E-state index in [-0.39, 0.29) is 4.90 Å². The van der Waals surface area contributed by atoms with Crippen molar-refractivity contribution in [3.05, 3.63) is 24.2 Å². The summed E-state index contributed by atoms with van der Waals surface area (Å²) in [5.74, 6) is 4.18. The van der Waals surface area contributed by atoms with Crippen LogP contribution in [0.4, 0.5) is 6.01 Å².